The molecule has 1 saturated carbocycles. The number of allylic oxidation sites excluding steroid dienone is 1. The van der Waals surface area contributed by atoms with Crippen LogP contribution >= 0.6 is 23.1 Å². The van der Waals surface area contributed by atoms with Crippen molar-refractivity contribution in [1.29, 1.82) is 0 Å². The summed E-state index contributed by atoms with van der Waals surface area (Å²) in [5.41, 5.74) is 5.07. The number of hydrogen-bond donors (Lipinski definition) is 2. The van der Waals surface area contributed by atoms with Crippen LogP contribution in [0.4, 0.5) is 17.1 Å². The molecule has 12 nitrogen and oxygen atoms in total. The Balaban J connectivity index is 1.33. The fraction of sp³-hybridized carbons (Fsp3) is 0.382. The number of piperazine rings is 1. The minimum Gasteiger partial charge on any atom is -0.494 e. The number of rotatable bonds is 10. The molecule has 0 spiro atoms. The Morgan fingerprint density at radius 1 is 1.12 bits per heavy atom. The molecular formula is C34H42BrN10O2P. The highest BCUT2D eigenvalue weighted by Gasteiger charge is 2.28. The molecule has 1 aliphatic carbocycles. The molecule has 1 saturated heterocycles. The summed E-state index contributed by atoms with van der Waals surface area (Å²) in [5, 5.41) is 12.6. The van der Waals surface area contributed by atoms with Crippen molar-refractivity contribution in [3.63, 3.8) is 0 Å². The number of aromatic nitrogens is 4. The number of guanidine groups is 1. The third-order valence-corrected chi connectivity index (χ3v) is 10.5. The van der Waals surface area contributed by atoms with Gasteiger partial charge in [0, 0.05) is 84.9 Å². The summed E-state index contributed by atoms with van der Waals surface area (Å²) in [5.74, 6) is 2.23. The summed E-state index contributed by atoms with van der Waals surface area (Å²) in [6, 6.07) is 7.90. The van der Waals surface area contributed by atoms with E-state index in [9.17, 15) is 4.57 Å². The first kappa shape index (κ1) is 33.8. The average molecular weight is 734 g/mol. The van der Waals surface area contributed by atoms with Gasteiger partial charge in [-0.25, -0.2) is 15.0 Å². The molecule has 48 heavy (non-hydrogen) atoms. The lowest BCUT2D eigenvalue weighted by Crippen LogP contribution is -2.47. The molecule has 14 heteroatoms. The molecule has 2 aromatic carbocycles. The van der Waals surface area contributed by atoms with E-state index in [1.165, 1.54) is 25.7 Å². The van der Waals surface area contributed by atoms with Crippen molar-refractivity contribution in [3.05, 3.63) is 59.5 Å². The zero-order valence-electron chi connectivity index (χ0n) is 28.1. The molecule has 0 unspecified atom stereocenters. The Labute approximate surface area is 289 Å². The third-order valence-electron chi connectivity index (χ3n) is 8.64. The summed E-state index contributed by atoms with van der Waals surface area (Å²) in [7, 11) is 0.808. The van der Waals surface area contributed by atoms with Crippen molar-refractivity contribution in [1.82, 2.24) is 24.6 Å². The maximum Gasteiger partial charge on any atom is 0.228 e. The lowest BCUT2D eigenvalue weighted by Gasteiger charge is -2.37. The topological polar surface area (TPSA) is 125 Å². The summed E-state index contributed by atoms with van der Waals surface area (Å²) in [6.45, 7) is 14.3. The Morgan fingerprint density at radius 3 is 2.52 bits per heavy atom. The lowest BCUT2D eigenvalue weighted by atomic mass is 10.0. The third kappa shape index (κ3) is 7.64. The van der Waals surface area contributed by atoms with Gasteiger partial charge >= 0.3 is 0 Å². The SMILES string of the molecule is C=NC(=N/C(Nc1ccc2cncnc2c1P(C)(C)=O)=C(\C)Br)Nc1cc(-c2cnn(C)c2)c(N2CCN(CC3CC3)CC2)cc1OC. The van der Waals surface area contributed by atoms with Crippen molar-refractivity contribution < 1.29 is 9.30 Å². The molecule has 0 radical (unpaired) electrons. The number of hydrogen-bond acceptors (Lipinski definition) is 9. The number of benzene rings is 2. The smallest absolute Gasteiger partial charge is 0.228 e. The van der Waals surface area contributed by atoms with Crippen molar-refractivity contribution in [3.8, 4) is 16.9 Å². The quantitative estimate of drug-likeness (QED) is 0.115. The molecular weight excluding hydrogens is 691 g/mol. The van der Waals surface area contributed by atoms with Crippen LogP contribution in [0.15, 0.2) is 69.5 Å². The fourth-order valence-electron chi connectivity index (χ4n) is 6.06. The Morgan fingerprint density at radius 2 is 1.90 bits per heavy atom. The zero-order chi connectivity index (χ0) is 34.0. The molecule has 2 aliphatic rings. The van der Waals surface area contributed by atoms with E-state index in [1.54, 1.807) is 26.6 Å². The van der Waals surface area contributed by atoms with Crippen LogP contribution in [-0.4, -0.2) is 90.5 Å². The van der Waals surface area contributed by atoms with Crippen LogP contribution in [0.3, 0.4) is 0 Å². The molecule has 6 rings (SSSR count). The van der Waals surface area contributed by atoms with Gasteiger partial charge in [0.2, 0.25) is 5.96 Å². The first-order valence-electron chi connectivity index (χ1n) is 16.0. The fourth-order valence-corrected chi connectivity index (χ4v) is 7.65. The highest BCUT2D eigenvalue weighted by atomic mass is 79.9. The molecule has 2 N–H and O–H groups in total. The van der Waals surface area contributed by atoms with E-state index in [-0.39, 0.29) is 5.96 Å². The monoisotopic (exact) mass is 732 g/mol. The molecule has 1 aliphatic heterocycles. The van der Waals surface area contributed by atoms with Gasteiger partial charge < -0.3 is 24.8 Å². The van der Waals surface area contributed by atoms with E-state index in [0.29, 0.717) is 38.2 Å². The largest absolute Gasteiger partial charge is 0.494 e. The van der Waals surface area contributed by atoms with Gasteiger partial charge in [0.05, 0.1) is 35.5 Å². The first-order valence-corrected chi connectivity index (χ1v) is 19.4. The second kappa shape index (κ2) is 14.2. The van der Waals surface area contributed by atoms with E-state index in [4.69, 9.17) is 9.73 Å². The van der Waals surface area contributed by atoms with E-state index >= 15 is 0 Å². The van der Waals surface area contributed by atoms with Crippen LogP contribution in [0.2, 0.25) is 0 Å². The van der Waals surface area contributed by atoms with Crippen LogP contribution < -0.4 is 25.6 Å². The lowest BCUT2D eigenvalue weighted by molar-refractivity contribution is 0.248. The predicted octanol–water partition coefficient (Wildman–Crippen LogP) is 5.98. The van der Waals surface area contributed by atoms with Crippen LogP contribution in [-0.2, 0) is 11.6 Å². The predicted molar refractivity (Wildman–Crippen MR) is 201 cm³/mol. The Hall–Kier alpha value is -4.06. The normalized spacial score (nSPS) is 16.5. The van der Waals surface area contributed by atoms with Gasteiger partial charge in [-0.3, -0.25) is 9.58 Å². The number of nitrogens with zero attached hydrogens (tertiary/aromatic N) is 8. The molecule has 3 heterocycles. The molecule has 0 bridgehead atoms. The summed E-state index contributed by atoms with van der Waals surface area (Å²) < 4.78 is 22.0. The number of halogens is 1. The molecule has 4 aromatic rings. The second-order valence-corrected chi connectivity index (χ2v) is 17.0. The highest BCUT2D eigenvalue weighted by molar-refractivity contribution is 9.11. The van der Waals surface area contributed by atoms with E-state index in [2.05, 4.69) is 75.3 Å². The van der Waals surface area contributed by atoms with Crippen LogP contribution in [0, 0.1) is 5.92 Å². The first-order chi connectivity index (χ1) is 23.0. The Kier molecular flexibility index (Phi) is 10.0. The minimum absolute atomic E-state index is 0.244. The number of ether oxygens (including phenoxy) is 1. The minimum atomic E-state index is -2.77. The number of aliphatic imine (C=N–C) groups is 2. The maximum atomic E-state index is 13.5. The number of methoxy groups -OCH3 is 1. The number of nitrogens with one attached hydrogen (secondary N) is 2. The van der Waals surface area contributed by atoms with Crippen LogP contribution in [0.25, 0.3) is 22.0 Å². The highest BCUT2D eigenvalue weighted by Crippen LogP contribution is 2.42. The average Bonchev–Trinajstić information content (AvgIpc) is 3.78. The summed E-state index contributed by atoms with van der Waals surface area (Å²) in [6.07, 6.45) is 9.81. The summed E-state index contributed by atoms with van der Waals surface area (Å²) in [4.78, 5) is 22.6. The van der Waals surface area contributed by atoms with Crippen molar-refractivity contribution in [2.45, 2.75) is 19.8 Å². The van der Waals surface area contributed by atoms with Crippen LogP contribution in [0.5, 0.6) is 5.75 Å². The number of anilines is 3. The van der Waals surface area contributed by atoms with Gasteiger partial charge in [-0.1, -0.05) is 15.9 Å². The second-order valence-electron chi connectivity index (χ2n) is 12.7. The summed E-state index contributed by atoms with van der Waals surface area (Å²) >= 11 is 3.60. The van der Waals surface area contributed by atoms with Gasteiger partial charge in [0.15, 0.2) is 0 Å². The number of fused-ring (bicyclic) bond motifs is 1. The van der Waals surface area contributed by atoms with Crippen molar-refractivity contribution >= 4 is 69.0 Å². The molecule has 2 aromatic heterocycles. The molecule has 0 amide bonds. The van der Waals surface area contributed by atoms with Gasteiger partial charge in [-0.2, -0.15) is 10.1 Å². The van der Waals surface area contributed by atoms with E-state index < -0.39 is 7.14 Å². The van der Waals surface area contributed by atoms with Crippen molar-refractivity contribution in [2.24, 2.45) is 23.0 Å². The van der Waals surface area contributed by atoms with Gasteiger partial charge in [-0.05, 0) is 63.9 Å². The standard InChI is InChI=1S/C34H42BrN10O2P/c1-22(35)33(40-27-10-9-24-17-37-21-38-31(24)32(27)48(5,6)46)42-34(36-2)41-28-15-26(25-18-39-43(3)20-25)29(16-30(28)47-4)45-13-11-44(12-14-45)19-23-7-8-23/h9-10,15-18,20-21,23,40H,2,7-8,11-14,19H2,1,3-6H3,(H,41,42)/b33-22+. The van der Waals surface area contributed by atoms with Crippen molar-refractivity contribution in [2.75, 3.05) is 68.7 Å². The molecule has 252 valence electrons. The van der Waals surface area contributed by atoms with Crippen LogP contribution in [0.1, 0.15) is 19.8 Å². The zero-order valence-corrected chi connectivity index (χ0v) is 30.6. The Bertz CT molecular complexity index is 1940. The molecule has 0 atom stereocenters. The van der Waals surface area contributed by atoms with Gasteiger partial charge in [-0.15, -0.1) is 0 Å². The van der Waals surface area contributed by atoms with Gasteiger partial charge in [0.1, 0.15) is 25.0 Å². The van der Waals surface area contributed by atoms with E-state index in [1.807, 2.05) is 43.2 Å². The van der Waals surface area contributed by atoms with Gasteiger partial charge in [0.25, 0.3) is 0 Å². The van der Waals surface area contributed by atoms with E-state index in [0.717, 1.165) is 54.3 Å². The molecule has 2 fully saturated rings. The number of aryl methyl sites for hydroxylation is 1. The maximum absolute atomic E-state index is 13.5.